The second-order valence-corrected chi connectivity index (χ2v) is 7.39. The summed E-state index contributed by atoms with van der Waals surface area (Å²) in [7, 11) is 0. The van der Waals surface area contributed by atoms with Crippen LogP contribution in [0.15, 0.2) is 48.5 Å². The monoisotopic (exact) mass is 453 g/mol. The van der Waals surface area contributed by atoms with Crippen LogP contribution in [0.25, 0.3) is 16.3 Å². The van der Waals surface area contributed by atoms with Gasteiger partial charge in [-0.05, 0) is 30.3 Å². The molecule has 1 N–H and O–H groups in total. The molecule has 30 heavy (non-hydrogen) atoms. The molecule has 1 amide bonds. The fourth-order valence-corrected chi connectivity index (χ4v) is 3.49. The van der Waals surface area contributed by atoms with Crippen LogP contribution in [0.5, 0.6) is 5.75 Å². The molecule has 0 spiro atoms. The Kier molecular flexibility index (Phi) is 5.31. The van der Waals surface area contributed by atoms with E-state index in [0.29, 0.717) is 21.4 Å². The molecule has 4 aromatic rings. The summed E-state index contributed by atoms with van der Waals surface area (Å²) in [6.45, 7) is -0.484. The fourth-order valence-electron chi connectivity index (χ4n) is 2.54. The second-order valence-electron chi connectivity index (χ2n) is 6.00. The van der Waals surface area contributed by atoms with Crippen molar-refractivity contribution < 1.29 is 22.7 Å². The third-order valence-corrected chi connectivity index (χ3v) is 4.90. The number of benzene rings is 2. The van der Waals surface area contributed by atoms with Crippen LogP contribution in [0.2, 0.25) is 5.02 Å². The van der Waals surface area contributed by atoms with Gasteiger partial charge in [0, 0.05) is 10.6 Å². The maximum atomic E-state index is 12.7. The van der Waals surface area contributed by atoms with E-state index in [4.69, 9.17) is 16.3 Å². The van der Waals surface area contributed by atoms with Crippen molar-refractivity contribution in [3.63, 3.8) is 0 Å². The van der Waals surface area contributed by atoms with Crippen molar-refractivity contribution in [1.29, 1.82) is 0 Å². The van der Waals surface area contributed by atoms with Crippen molar-refractivity contribution in [2.24, 2.45) is 0 Å². The van der Waals surface area contributed by atoms with E-state index in [0.717, 1.165) is 23.5 Å². The summed E-state index contributed by atoms with van der Waals surface area (Å²) in [5, 5.41) is 15.6. The fraction of sp³-hybridized carbons (Fsp3) is 0.111. The SMILES string of the molecule is O=C(COc1cccc(C(F)(F)F)c1)Nc1nn2c(-c3cccc(Cl)c3)nnc2s1. The number of hydrogen-bond acceptors (Lipinski definition) is 6. The number of rotatable bonds is 5. The molecule has 2 heterocycles. The number of fused-ring (bicyclic) bond motifs is 1. The first-order valence-electron chi connectivity index (χ1n) is 8.38. The van der Waals surface area contributed by atoms with Gasteiger partial charge in [0.05, 0.1) is 5.56 Å². The molecule has 0 fully saturated rings. The number of ether oxygens (including phenoxy) is 1. The molecule has 0 unspecified atom stereocenters. The molecule has 4 rings (SSSR count). The van der Waals surface area contributed by atoms with Crippen LogP contribution in [0.3, 0.4) is 0 Å². The number of carbonyl (C=O) groups excluding carboxylic acids is 1. The molecule has 0 atom stereocenters. The Morgan fingerprint density at radius 2 is 1.97 bits per heavy atom. The third-order valence-electron chi connectivity index (χ3n) is 3.85. The first kappa shape index (κ1) is 20.1. The van der Waals surface area contributed by atoms with Gasteiger partial charge in [-0.3, -0.25) is 10.1 Å². The number of anilines is 1. The highest BCUT2D eigenvalue weighted by Gasteiger charge is 2.30. The molecule has 154 valence electrons. The first-order valence-corrected chi connectivity index (χ1v) is 9.57. The van der Waals surface area contributed by atoms with E-state index in [1.807, 2.05) is 0 Å². The zero-order valence-electron chi connectivity index (χ0n) is 14.9. The molecular weight excluding hydrogens is 443 g/mol. The largest absolute Gasteiger partial charge is 0.484 e. The van der Waals surface area contributed by atoms with Gasteiger partial charge in [-0.1, -0.05) is 41.1 Å². The van der Waals surface area contributed by atoms with Gasteiger partial charge < -0.3 is 4.74 Å². The van der Waals surface area contributed by atoms with Crippen LogP contribution < -0.4 is 10.1 Å². The van der Waals surface area contributed by atoms with Gasteiger partial charge >= 0.3 is 6.18 Å². The lowest BCUT2D eigenvalue weighted by molar-refractivity contribution is -0.137. The summed E-state index contributed by atoms with van der Waals surface area (Å²) in [6.07, 6.45) is -4.49. The van der Waals surface area contributed by atoms with Crippen molar-refractivity contribution in [3.8, 4) is 17.1 Å². The van der Waals surface area contributed by atoms with E-state index in [1.54, 1.807) is 24.3 Å². The van der Waals surface area contributed by atoms with Gasteiger partial charge in [-0.25, -0.2) is 0 Å². The topological polar surface area (TPSA) is 81.4 Å². The standard InChI is InChI=1S/C18H11ClF3N5O2S/c19-12-5-1-3-10(7-12)15-24-25-17-27(15)26-16(30-17)23-14(28)9-29-13-6-2-4-11(8-13)18(20,21)22/h1-8H,9H2,(H,23,26,28). The van der Waals surface area contributed by atoms with Gasteiger partial charge in [-0.15, -0.1) is 15.3 Å². The smallest absolute Gasteiger partial charge is 0.416 e. The van der Waals surface area contributed by atoms with Crippen molar-refractivity contribution in [2.45, 2.75) is 6.18 Å². The van der Waals surface area contributed by atoms with Crippen LogP contribution in [-0.4, -0.2) is 32.3 Å². The van der Waals surface area contributed by atoms with Crippen LogP contribution in [-0.2, 0) is 11.0 Å². The molecule has 0 saturated heterocycles. The zero-order valence-corrected chi connectivity index (χ0v) is 16.4. The van der Waals surface area contributed by atoms with Gasteiger partial charge in [-0.2, -0.15) is 17.7 Å². The molecule has 0 aliphatic heterocycles. The molecule has 2 aromatic carbocycles. The van der Waals surface area contributed by atoms with E-state index < -0.39 is 24.3 Å². The first-order chi connectivity index (χ1) is 14.3. The van der Waals surface area contributed by atoms with E-state index in [2.05, 4.69) is 20.6 Å². The maximum Gasteiger partial charge on any atom is 0.416 e. The molecule has 7 nitrogen and oxygen atoms in total. The summed E-state index contributed by atoms with van der Waals surface area (Å²) >= 11 is 7.08. The quantitative estimate of drug-likeness (QED) is 0.479. The lowest BCUT2D eigenvalue weighted by atomic mass is 10.2. The van der Waals surface area contributed by atoms with Crippen LogP contribution in [0.4, 0.5) is 18.3 Å². The highest BCUT2D eigenvalue weighted by atomic mass is 35.5. The minimum atomic E-state index is -4.49. The van der Waals surface area contributed by atoms with Gasteiger partial charge in [0.25, 0.3) is 5.91 Å². The predicted molar refractivity (Wildman–Crippen MR) is 105 cm³/mol. The zero-order chi connectivity index (χ0) is 21.3. The molecule has 0 aliphatic carbocycles. The van der Waals surface area contributed by atoms with Crippen LogP contribution >= 0.6 is 22.9 Å². The molecule has 0 bridgehead atoms. The minimum absolute atomic E-state index is 0.0682. The summed E-state index contributed by atoms with van der Waals surface area (Å²) in [4.78, 5) is 12.6. The average molecular weight is 454 g/mol. The Bertz CT molecular complexity index is 1220. The van der Waals surface area contributed by atoms with Gasteiger partial charge in [0.1, 0.15) is 5.75 Å². The summed E-state index contributed by atoms with van der Waals surface area (Å²) < 4.78 is 44.8. The number of aromatic nitrogens is 4. The molecule has 0 radical (unpaired) electrons. The summed E-state index contributed by atoms with van der Waals surface area (Å²) in [5.41, 5.74) is -0.159. The molecule has 12 heteroatoms. The van der Waals surface area contributed by atoms with Crippen molar-refractivity contribution >= 4 is 38.9 Å². The number of amides is 1. The minimum Gasteiger partial charge on any atom is -0.484 e. The number of nitrogens with zero attached hydrogens (tertiary/aromatic N) is 4. The van der Waals surface area contributed by atoms with E-state index in [9.17, 15) is 18.0 Å². The predicted octanol–water partition coefficient (Wildman–Crippen LogP) is 4.54. The number of halogens is 4. The summed E-state index contributed by atoms with van der Waals surface area (Å²) in [6, 6.07) is 11.3. The maximum absolute atomic E-state index is 12.7. The number of nitrogens with one attached hydrogen (secondary N) is 1. The molecule has 2 aromatic heterocycles. The number of alkyl halides is 3. The Morgan fingerprint density at radius 1 is 1.17 bits per heavy atom. The summed E-state index contributed by atoms with van der Waals surface area (Å²) in [5.74, 6) is -0.201. The van der Waals surface area contributed by atoms with Crippen LogP contribution in [0, 0.1) is 0 Å². The average Bonchev–Trinajstić information content (AvgIpc) is 3.26. The van der Waals surface area contributed by atoms with E-state index in [1.165, 1.54) is 16.6 Å². The Balaban J connectivity index is 1.44. The van der Waals surface area contributed by atoms with Crippen molar-refractivity contribution in [2.75, 3.05) is 11.9 Å². The molecular formula is C18H11ClF3N5O2S. The second kappa shape index (κ2) is 7.92. The van der Waals surface area contributed by atoms with Gasteiger partial charge in [0.15, 0.2) is 12.4 Å². The van der Waals surface area contributed by atoms with Crippen LogP contribution in [0.1, 0.15) is 5.56 Å². The lowest BCUT2D eigenvalue weighted by Crippen LogP contribution is -2.20. The Morgan fingerprint density at radius 3 is 2.73 bits per heavy atom. The Labute approximate surface area is 176 Å². The third kappa shape index (κ3) is 4.36. The number of hydrogen-bond donors (Lipinski definition) is 1. The Hall–Kier alpha value is -3.18. The van der Waals surface area contributed by atoms with Crippen molar-refractivity contribution in [1.82, 2.24) is 19.8 Å². The highest BCUT2D eigenvalue weighted by Crippen LogP contribution is 2.31. The highest BCUT2D eigenvalue weighted by molar-refractivity contribution is 7.20. The molecule has 0 aliphatic rings. The number of carbonyl (C=O) groups is 1. The normalized spacial score (nSPS) is 11.6. The molecule has 0 saturated carbocycles. The van der Waals surface area contributed by atoms with Gasteiger partial charge in [0.2, 0.25) is 10.1 Å². The lowest BCUT2D eigenvalue weighted by Gasteiger charge is -2.09. The van der Waals surface area contributed by atoms with E-state index in [-0.39, 0.29) is 10.9 Å². The van der Waals surface area contributed by atoms with E-state index >= 15 is 0 Å². The van der Waals surface area contributed by atoms with Crippen molar-refractivity contribution in [3.05, 3.63) is 59.1 Å².